The van der Waals surface area contributed by atoms with Crippen LogP contribution in [0.4, 0.5) is 0 Å². The molecule has 1 aromatic rings. The van der Waals surface area contributed by atoms with Crippen LogP contribution < -0.4 is 5.73 Å². The lowest BCUT2D eigenvalue weighted by Crippen LogP contribution is -2.42. The molecule has 4 unspecified atom stereocenters. The second-order valence-electron chi connectivity index (χ2n) is 4.73. The van der Waals surface area contributed by atoms with Crippen molar-refractivity contribution in [2.24, 2.45) is 17.6 Å². The number of nitrogens with two attached hydrogens (primary N) is 1. The fourth-order valence-electron chi connectivity index (χ4n) is 2.55. The summed E-state index contributed by atoms with van der Waals surface area (Å²) in [5.41, 5.74) is 6.26. The quantitative estimate of drug-likeness (QED) is 0.856. The van der Waals surface area contributed by atoms with Crippen molar-refractivity contribution < 1.29 is 0 Å². The van der Waals surface area contributed by atoms with E-state index in [0.717, 1.165) is 11.8 Å². The van der Waals surface area contributed by atoms with Gasteiger partial charge >= 0.3 is 0 Å². The highest BCUT2D eigenvalue weighted by molar-refractivity contribution is 8.01. The zero-order chi connectivity index (χ0) is 10.8. The maximum atomic E-state index is 6.26. The summed E-state index contributed by atoms with van der Waals surface area (Å²) in [5, 5.41) is 2.75. The predicted octanol–water partition coefficient (Wildman–Crippen LogP) is 3.60. The molecule has 0 radical (unpaired) electrons. The highest BCUT2D eigenvalue weighted by Crippen LogP contribution is 2.40. The molecule has 1 aromatic heterocycles. The summed E-state index contributed by atoms with van der Waals surface area (Å²) in [6.45, 7) is 4.67. The van der Waals surface area contributed by atoms with Gasteiger partial charge in [0.2, 0.25) is 0 Å². The number of rotatable bonds is 2. The van der Waals surface area contributed by atoms with Gasteiger partial charge in [-0.1, -0.05) is 19.9 Å². The van der Waals surface area contributed by atoms with E-state index in [2.05, 4.69) is 31.4 Å². The van der Waals surface area contributed by atoms with Gasteiger partial charge in [-0.15, -0.1) is 23.1 Å². The third kappa shape index (κ3) is 2.77. The van der Waals surface area contributed by atoms with E-state index in [1.807, 2.05) is 23.1 Å². The molecule has 2 N–H and O–H groups in total. The molecule has 3 heteroatoms. The number of hydrogen-bond donors (Lipinski definition) is 1. The molecule has 15 heavy (non-hydrogen) atoms. The summed E-state index contributed by atoms with van der Waals surface area (Å²) in [7, 11) is 0. The monoisotopic (exact) mass is 241 g/mol. The summed E-state index contributed by atoms with van der Waals surface area (Å²) in [6, 6.07) is 4.69. The van der Waals surface area contributed by atoms with Crippen molar-refractivity contribution in [3.8, 4) is 0 Å². The van der Waals surface area contributed by atoms with Crippen molar-refractivity contribution in [3.05, 3.63) is 17.5 Å². The molecule has 2 rings (SSSR count). The third-order valence-corrected chi connectivity index (χ3v) is 5.87. The van der Waals surface area contributed by atoms with Crippen LogP contribution in [0, 0.1) is 11.8 Å². The standard InChI is InChI=1S/C12H19NS2/c1-8-6-9(2)12(10(13)7-8)15-11-4-3-5-14-11/h3-5,8-10,12H,6-7,13H2,1-2H3. The van der Waals surface area contributed by atoms with Gasteiger partial charge in [-0.3, -0.25) is 0 Å². The van der Waals surface area contributed by atoms with E-state index >= 15 is 0 Å². The Morgan fingerprint density at radius 1 is 1.40 bits per heavy atom. The molecule has 0 spiro atoms. The maximum absolute atomic E-state index is 6.26. The molecule has 1 nitrogen and oxygen atoms in total. The van der Waals surface area contributed by atoms with Gasteiger partial charge in [-0.25, -0.2) is 0 Å². The van der Waals surface area contributed by atoms with Crippen molar-refractivity contribution in [1.82, 2.24) is 0 Å². The van der Waals surface area contributed by atoms with Gasteiger partial charge < -0.3 is 5.73 Å². The molecule has 1 fully saturated rings. The van der Waals surface area contributed by atoms with Crippen LogP contribution in [0.1, 0.15) is 26.7 Å². The van der Waals surface area contributed by atoms with Gasteiger partial charge in [-0.05, 0) is 36.1 Å². The van der Waals surface area contributed by atoms with E-state index in [1.54, 1.807) is 0 Å². The van der Waals surface area contributed by atoms with Crippen LogP contribution in [-0.2, 0) is 0 Å². The van der Waals surface area contributed by atoms with Gasteiger partial charge in [0.25, 0.3) is 0 Å². The zero-order valence-electron chi connectivity index (χ0n) is 9.35. The van der Waals surface area contributed by atoms with Crippen molar-refractivity contribution in [2.75, 3.05) is 0 Å². The highest BCUT2D eigenvalue weighted by Gasteiger charge is 2.32. The average Bonchev–Trinajstić information content (AvgIpc) is 2.63. The van der Waals surface area contributed by atoms with Crippen molar-refractivity contribution >= 4 is 23.1 Å². The third-order valence-electron chi connectivity index (χ3n) is 3.18. The van der Waals surface area contributed by atoms with E-state index in [1.165, 1.54) is 17.1 Å². The Kier molecular flexibility index (Phi) is 3.75. The molecule has 1 aliphatic rings. The first-order valence-electron chi connectivity index (χ1n) is 5.62. The second kappa shape index (κ2) is 4.89. The lowest BCUT2D eigenvalue weighted by atomic mass is 9.80. The van der Waals surface area contributed by atoms with Crippen molar-refractivity contribution in [3.63, 3.8) is 0 Å². The van der Waals surface area contributed by atoms with Crippen molar-refractivity contribution in [2.45, 2.75) is 42.2 Å². The molecule has 4 atom stereocenters. The van der Waals surface area contributed by atoms with Gasteiger partial charge in [0, 0.05) is 11.3 Å². The Morgan fingerprint density at radius 2 is 2.20 bits per heavy atom. The minimum atomic E-state index is 0.371. The maximum Gasteiger partial charge on any atom is 0.0601 e. The van der Waals surface area contributed by atoms with E-state index in [9.17, 15) is 0 Å². The summed E-state index contributed by atoms with van der Waals surface area (Å²) in [4.78, 5) is 0. The first-order valence-corrected chi connectivity index (χ1v) is 7.38. The molecular formula is C12H19NS2. The Hall–Kier alpha value is 0.01000. The van der Waals surface area contributed by atoms with Crippen LogP contribution in [0.5, 0.6) is 0 Å². The molecule has 84 valence electrons. The summed E-state index contributed by atoms with van der Waals surface area (Å²) in [5.74, 6) is 1.55. The highest BCUT2D eigenvalue weighted by atomic mass is 32.2. The Bertz CT molecular complexity index is 285. The zero-order valence-corrected chi connectivity index (χ0v) is 11.0. The van der Waals surface area contributed by atoms with Crippen LogP contribution in [0.15, 0.2) is 21.7 Å². The minimum Gasteiger partial charge on any atom is -0.327 e. The topological polar surface area (TPSA) is 26.0 Å². The molecule has 0 amide bonds. The van der Waals surface area contributed by atoms with E-state index in [-0.39, 0.29) is 0 Å². The SMILES string of the molecule is CC1CC(C)C(Sc2cccs2)C(N)C1. The van der Waals surface area contributed by atoms with Crippen LogP contribution in [0.3, 0.4) is 0 Å². The molecule has 1 aliphatic carbocycles. The summed E-state index contributed by atoms with van der Waals surface area (Å²) in [6.07, 6.45) is 2.52. The Balaban J connectivity index is 2.01. The molecular weight excluding hydrogens is 222 g/mol. The van der Waals surface area contributed by atoms with E-state index in [0.29, 0.717) is 11.3 Å². The minimum absolute atomic E-state index is 0.371. The normalized spacial score (nSPS) is 36.7. The van der Waals surface area contributed by atoms with Gasteiger partial charge in [0.1, 0.15) is 0 Å². The largest absolute Gasteiger partial charge is 0.327 e. The average molecular weight is 241 g/mol. The Labute approximate surface area is 100 Å². The van der Waals surface area contributed by atoms with Gasteiger partial charge in [-0.2, -0.15) is 0 Å². The second-order valence-corrected chi connectivity index (χ2v) is 7.16. The first kappa shape index (κ1) is 11.5. The molecule has 0 saturated heterocycles. The number of thiophene rings is 1. The van der Waals surface area contributed by atoms with Crippen molar-refractivity contribution in [1.29, 1.82) is 0 Å². The predicted molar refractivity (Wildman–Crippen MR) is 69.5 cm³/mol. The van der Waals surface area contributed by atoms with Gasteiger partial charge in [0.05, 0.1) is 4.21 Å². The fourth-order valence-corrected chi connectivity index (χ4v) is 4.78. The summed E-state index contributed by atoms with van der Waals surface area (Å²) >= 11 is 3.81. The fraction of sp³-hybridized carbons (Fsp3) is 0.667. The number of hydrogen-bond acceptors (Lipinski definition) is 3. The first-order chi connectivity index (χ1) is 7.16. The van der Waals surface area contributed by atoms with Crippen LogP contribution in [0.25, 0.3) is 0 Å². The van der Waals surface area contributed by atoms with E-state index < -0.39 is 0 Å². The molecule has 0 bridgehead atoms. The van der Waals surface area contributed by atoms with Crippen LogP contribution in [-0.4, -0.2) is 11.3 Å². The molecule has 1 saturated carbocycles. The lowest BCUT2D eigenvalue weighted by Gasteiger charge is -2.36. The van der Waals surface area contributed by atoms with Gasteiger partial charge in [0.15, 0.2) is 0 Å². The lowest BCUT2D eigenvalue weighted by molar-refractivity contribution is 0.279. The molecule has 0 aromatic carbocycles. The Morgan fingerprint density at radius 3 is 2.80 bits per heavy atom. The molecule has 1 heterocycles. The smallest absolute Gasteiger partial charge is 0.0601 e. The van der Waals surface area contributed by atoms with E-state index in [4.69, 9.17) is 5.73 Å². The number of thioether (sulfide) groups is 1. The van der Waals surface area contributed by atoms with Crippen LogP contribution >= 0.6 is 23.1 Å². The molecule has 0 aliphatic heterocycles. The van der Waals surface area contributed by atoms with Crippen LogP contribution in [0.2, 0.25) is 0 Å². The summed E-state index contributed by atoms with van der Waals surface area (Å²) < 4.78 is 1.41.